The van der Waals surface area contributed by atoms with Gasteiger partial charge in [0.25, 0.3) is 0 Å². The summed E-state index contributed by atoms with van der Waals surface area (Å²) >= 11 is 12.0. The number of nitrogens with one attached hydrogen (secondary N) is 1. The molecule has 2 unspecified atom stereocenters. The van der Waals surface area contributed by atoms with Gasteiger partial charge in [-0.3, -0.25) is 4.90 Å². The smallest absolute Gasteiger partial charge is 0.0595 e. The minimum atomic E-state index is 0.392. The van der Waals surface area contributed by atoms with Crippen LogP contribution in [0.1, 0.15) is 24.9 Å². The molecule has 17 heavy (non-hydrogen) atoms. The maximum Gasteiger partial charge on any atom is 0.0595 e. The molecule has 2 rings (SSSR count). The molecule has 0 saturated carbocycles. The largest absolute Gasteiger partial charge is 0.316 e. The Morgan fingerprint density at radius 3 is 2.71 bits per heavy atom. The predicted molar refractivity (Wildman–Crippen MR) is 73.9 cm³/mol. The molecule has 1 aromatic carbocycles. The van der Waals surface area contributed by atoms with Crippen molar-refractivity contribution in [2.45, 2.75) is 25.4 Å². The van der Waals surface area contributed by atoms with Gasteiger partial charge in [-0.15, -0.1) is 0 Å². The van der Waals surface area contributed by atoms with Crippen molar-refractivity contribution >= 4 is 23.2 Å². The zero-order valence-corrected chi connectivity index (χ0v) is 11.7. The number of nitrogens with zero attached hydrogens (tertiary/aromatic N) is 1. The van der Waals surface area contributed by atoms with E-state index in [2.05, 4.69) is 23.2 Å². The second-order valence-corrected chi connectivity index (χ2v) is 5.43. The van der Waals surface area contributed by atoms with Crippen molar-refractivity contribution in [2.24, 2.45) is 0 Å². The highest BCUT2D eigenvalue weighted by Gasteiger charge is 2.25. The second kappa shape index (κ2) is 5.57. The summed E-state index contributed by atoms with van der Waals surface area (Å²) < 4.78 is 0. The molecule has 0 radical (unpaired) electrons. The second-order valence-electron chi connectivity index (χ2n) is 4.62. The van der Waals surface area contributed by atoms with Gasteiger partial charge in [-0.25, -0.2) is 0 Å². The first-order valence-electron chi connectivity index (χ1n) is 5.98. The topological polar surface area (TPSA) is 15.3 Å². The molecule has 1 aromatic rings. The number of halogens is 2. The molecule has 1 aliphatic heterocycles. The van der Waals surface area contributed by atoms with Crippen LogP contribution in [-0.4, -0.2) is 31.1 Å². The van der Waals surface area contributed by atoms with Crippen LogP contribution in [0, 0.1) is 0 Å². The first kappa shape index (κ1) is 13.2. The maximum absolute atomic E-state index is 6.06. The van der Waals surface area contributed by atoms with E-state index < -0.39 is 0 Å². The summed E-state index contributed by atoms with van der Waals surface area (Å²) in [6.45, 7) is 4.45. The Morgan fingerprint density at radius 2 is 2.12 bits per heavy atom. The summed E-state index contributed by atoms with van der Waals surface area (Å²) in [4.78, 5) is 2.47. The lowest BCUT2D eigenvalue weighted by Gasteiger charge is -2.25. The molecule has 0 bridgehead atoms. The molecule has 94 valence electrons. The molecule has 1 saturated heterocycles. The zero-order valence-electron chi connectivity index (χ0n) is 10.2. The average molecular weight is 273 g/mol. The normalized spacial score (nSPS) is 22.9. The van der Waals surface area contributed by atoms with E-state index in [0.717, 1.165) is 13.1 Å². The van der Waals surface area contributed by atoms with Crippen LogP contribution in [0.4, 0.5) is 0 Å². The Morgan fingerprint density at radius 1 is 1.35 bits per heavy atom. The summed E-state index contributed by atoms with van der Waals surface area (Å²) in [5.74, 6) is 0. The van der Waals surface area contributed by atoms with E-state index in [-0.39, 0.29) is 0 Å². The molecule has 1 heterocycles. The molecule has 1 fully saturated rings. The van der Waals surface area contributed by atoms with Crippen LogP contribution in [0.25, 0.3) is 0 Å². The summed E-state index contributed by atoms with van der Waals surface area (Å²) in [7, 11) is 2.03. The lowest BCUT2D eigenvalue weighted by molar-refractivity contribution is 0.257. The standard InChI is InChI=1S/C13H18Cl2N2/c1-9(17-6-5-11(8-17)16-2)10-3-4-12(14)13(15)7-10/h3-4,7,9,11,16H,5-6,8H2,1-2H3. The maximum atomic E-state index is 6.06. The predicted octanol–water partition coefficient (Wildman–Crippen LogP) is 3.35. The van der Waals surface area contributed by atoms with E-state index in [9.17, 15) is 0 Å². The highest BCUT2D eigenvalue weighted by molar-refractivity contribution is 6.42. The highest BCUT2D eigenvalue weighted by Crippen LogP contribution is 2.29. The number of likely N-dealkylation sites (tertiary alicyclic amines) is 1. The van der Waals surface area contributed by atoms with Crippen molar-refractivity contribution in [3.8, 4) is 0 Å². The molecule has 0 aliphatic carbocycles. The third kappa shape index (κ3) is 2.94. The van der Waals surface area contributed by atoms with Crippen LogP contribution >= 0.6 is 23.2 Å². The number of likely N-dealkylation sites (N-methyl/N-ethyl adjacent to an activating group) is 1. The van der Waals surface area contributed by atoms with Crippen LogP contribution in [0.2, 0.25) is 10.0 Å². The monoisotopic (exact) mass is 272 g/mol. The van der Waals surface area contributed by atoms with E-state index in [1.54, 1.807) is 0 Å². The fraction of sp³-hybridized carbons (Fsp3) is 0.538. The fourth-order valence-corrected chi connectivity index (χ4v) is 2.66. The molecule has 0 amide bonds. The first-order chi connectivity index (χ1) is 8.11. The van der Waals surface area contributed by atoms with Crippen molar-refractivity contribution < 1.29 is 0 Å². The minimum Gasteiger partial charge on any atom is -0.316 e. The fourth-order valence-electron chi connectivity index (χ4n) is 2.36. The third-order valence-electron chi connectivity index (χ3n) is 3.60. The lowest BCUT2D eigenvalue weighted by Crippen LogP contribution is -2.31. The summed E-state index contributed by atoms with van der Waals surface area (Å²) in [6.07, 6.45) is 1.21. The molecule has 0 spiro atoms. The van der Waals surface area contributed by atoms with Gasteiger partial charge < -0.3 is 5.32 Å². The van der Waals surface area contributed by atoms with Gasteiger partial charge in [0, 0.05) is 25.2 Å². The van der Waals surface area contributed by atoms with Crippen molar-refractivity contribution in [1.29, 1.82) is 0 Å². The number of hydrogen-bond acceptors (Lipinski definition) is 2. The molecule has 0 aromatic heterocycles. The van der Waals surface area contributed by atoms with E-state index in [4.69, 9.17) is 23.2 Å². The molecule has 2 nitrogen and oxygen atoms in total. The summed E-state index contributed by atoms with van der Waals surface area (Å²) in [5, 5.41) is 4.59. The zero-order chi connectivity index (χ0) is 12.4. The summed E-state index contributed by atoms with van der Waals surface area (Å²) in [6, 6.07) is 6.91. The van der Waals surface area contributed by atoms with Crippen molar-refractivity contribution in [2.75, 3.05) is 20.1 Å². The van der Waals surface area contributed by atoms with Crippen LogP contribution in [-0.2, 0) is 0 Å². The van der Waals surface area contributed by atoms with E-state index in [1.165, 1.54) is 12.0 Å². The van der Waals surface area contributed by atoms with Gasteiger partial charge in [-0.05, 0) is 38.1 Å². The Labute approximate surface area is 113 Å². The first-order valence-corrected chi connectivity index (χ1v) is 6.73. The number of benzene rings is 1. The number of rotatable bonds is 3. The number of hydrogen-bond donors (Lipinski definition) is 1. The van der Waals surface area contributed by atoms with Crippen molar-refractivity contribution in [3.63, 3.8) is 0 Å². The van der Waals surface area contributed by atoms with Crippen LogP contribution < -0.4 is 5.32 Å². The van der Waals surface area contributed by atoms with Gasteiger partial charge in [-0.1, -0.05) is 29.3 Å². The van der Waals surface area contributed by atoms with Crippen molar-refractivity contribution in [1.82, 2.24) is 10.2 Å². The van der Waals surface area contributed by atoms with E-state index >= 15 is 0 Å². The minimum absolute atomic E-state index is 0.392. The third-order valence-corrected chi connectivity index (χ3v) is 4.34. The van der Waals surface area contributed by atoms with Gasteiger partial charge in [0.2, 0.25) is 0 Å². The Balaban J connectivity index is 2.09. The highest BCUT2D eigenvalue weighted by atomic mass is 35.5. The molecule has 2 atom stereocenters. The van der Waals surface area contributed by atoms with Gasteiger partial charge in [0.15, 0.2) is 0 Å². The molecule has 1 N–H and O–H groups in total. The SMILES string of the molecule is CNC1CCN(C(C)c2ccc(Cl)c(Cl)c2)C1. The summed E-state index contributed by atoms with van der Waals surface area (Å²) in [5.41, 5.74) is 1.23. The van der Waals surface area contributed by atoms with Gasteiger partial charge in [-0.2, -0.15) is 0 Å². The van der Waals surface area contributed by atoms with Crippen LogP contribution in [0.15, 0.2) is 18.2 Å². The van der Waals surface area contributed by atoms with Crippen LogP contribution in [0.3, 0.4) is 0 Å². The lowest BCUT2D eigenvalue weighted by atomic mass is 10.1. The average Bonchev–Trinajstić information content (AvgIpc) is 2.80. The molecule has 4 heteroatoms. The Kier molecular flexibility index (Phi) is 4.31. The molecular formula is C13H18Cl2N2. The van der Waals surface area contributed by atoms with Crippen LogP contribution in [0.5, 0.6) is 0 Å². The quantitative estimate of drug-likeness (QED) is 0.908. The Bertz CT molecular complexity index is 395. The Hall–Kier alpha value is -0.280. The molecule has 1 aliphatic rings. The van der Waals surface area contributed by atoms with E-state index in [1.807, 2.05) is 19.2 Å². The van der Waals surface area contributed by atoms with Gasteiger partial charge in [0.05, 0.1) is 10.0 Å². The van der Waals surface area contributed by atoms with E-state index in [0.29, 0.717) is 22.1 Å². The molecular weight excluding hydrogens is 255 g/mol. The van der Waals surface area contributed by atoms with Gasteiger partial charge in [0.1, 0.15) is 0 Å². The van der Waals surface area contributed by atoms with Gasteiger partial charge >= 0.3 is 0 Å². The van der Waals surface area contributed by atoms with Crippen molar-refractivity contribution in [3.05, 3.63) is 33.8 Å².